The highest BCUT2D eigenvalue weighted by Crippen LogP contribution is 2.35. The molecule has 1 atom stereocenters. The van der Waals surface area contributed by atoms with Crippen LogP contribution in [0.1, 0.15) is 79.1 Å². The first kappa shape index (κ1) is 15.5. The van der Waals surface area contributed by atoms with Gasteiger partial charge in [-0.2, -0.15) is 0 Å². The van der Waals surface area contributed by atoms with Gasteiger partial charge in [-0.3, -0.25) is 4.79 Å². The van der Waals surface area contributed by atoms with Crippen LogP contribution >= 0.6 is 0 Å². The second-order valence-electron chi connectivity index (χ2n) is 6.34. The topological polar surface area (TPSA) is 26.3 Å². The molecule has 1 fully saturated rings. The molecule has 1 aliphatic rings. The number of carbonyl (C=O) groups is 1. The van der Waals surface area contributed by atoms with Gasteiger partial charge in [0.2, 0.25) is 0 Å². The average molecular weight is 254 g/mol. The molecule has 2 heteroatoms. The molecule has 2 nitrogen and oxygen atoms in total. The van der Waals surface area contributed by atoms with E-state index in [-0.39, 0.29) is 17.5 Å². The highest BCUT2D eigenvalue weighted by atomic mass is 16.5. The van der Waals surface area contributed by atoms with Crippen LogP contribution in [0.3, 0.4) is 0 Å². The second-order valence-corrected chi connectivity index (χ2v) is 6.34. The van der Waals surface area contributed by atoms with Crippen LogP contribution in [-0.4, -0.2) is 12.1 Å². The van der Waals surface area contributed by atoms with Crippen molar-refractivity contribution in [2.24, 2.45) is 11.3 Å². The largest absolute Gasteiger partial charge is 0.462 e. The van der Waals surface area contributed by atoms with E-state index in [0.717, 1.165) is 32.1 Å². The maximum Gasteiger partial charge on any atom is 0.312 e. The zero-order valence-electron chi connectivity index (χ0n) is 12.6. The van der Waals surface area contributed by atoms with Crippen LogP contribution in [0.2, 0.25) is 0 Å². The smallest absolute Gasteiger partial charge is 0.312 e. The predicted octanol–water partition coefficient (Wildman–Crippen LogP) is 4.71. The molecule has 0 radical (unpaired) electrons. The van der Waals surface area contributed by atoms with Crippen LogP contribution in [0.4, 0.5) is 0 Å². The minimum absolute atomic E-state index is 0.0397. The van der Waals surface area contributed by atoms with Crippen LogP contribution in [0.25, 0.3) is 0 Å². The molecular formula is C16H30O2. The number of hydrogen-bond donors (Lipinski definition) is 0. The molecular weight excluding hydrogens is 224 g/mol. The minimum Gasteiger partial charge on any atom is -0.462 e. The molecule has 0 amide bonds. The lowest BCUT2D eigenvalue weighted by Gasteiger charge is -2.34. The van der Waals surface area contributed by atoms with Crippen molar-refractivity contribution in [1.29, 1.82) is 0 Å². The number of esters is 1. The van der Waals surface area contributed by atoms with E-state index in [2.05, 4.69) is 27.7 Å². The first-order chi connectivity index (χ1) is 8.50. The van der Waals surface area contributed by atoms with Gasteiger partial charge < -0.3 is 4.74 Å². The Hall–Kier alpha value is -0.530. The first-order valence-corrected chi connectivity index (χ1v) is 7.71. The molecule has 1 rings (SSSR count). The van der Waals surface area contributed by atoms with Crippen molar-refractivity contribution in [2.45, 2.75) is 85.2 Å². The number of rotatable bonds is 6. The van der Waals surface area contributed by atoms with Gasteiger partial charge in [0, 0.05) is 0 Å². The third-order valence-electron chi connectivity index (χ3n) is 4.62. The number of ether oxygens (including phenoxy) is 1. The molecule has 0 spiro atoms. The number of hydrogen-bond acceptors (Lipinski definition) is 2. The summed E-state index contributed by atoms with van der Waals surface area (Å²) in [7, 11) is 0. The summed E-state index contributed by atoms with van der Waals surface area (Å²) in [5, 5.41) is 0. The highest BCUT2D eigenvalue weighted by molar-refractivity contribution is 5.76. The Morgan fingerprint density at radius 2 is 1.89 bits per heavy atom. The Labute approximate surface area is 112 Å². The summed E-state index contributed by atoms with van der Waals surface area (Å²) in [4.78, 5) is 12.5. The lowest BCUT2D eigenvalue weighted by molar-refractivity contribution is -0.165. The van der Waals surface area contributed by atoms with Gasteiger partial charge in [-0.05, 0) is 44.9 Å². The lowest BCUT2D eigenvalue weighted by Crippen LogP contribution is -2.37. The van der Waals surface area contributed by atoms with E-state index >= 15 is 0 Å². The van der Waals surface area contributed by atoms with Crippen LogP contribution < -0.4 is 0 Å². The summed E-state index contributed by atoms with van der Waals surface area (Å²) in [6.07, 6.45) is 9.23. The molecule has 18 heavy (non-hydrogen) atoms. The van der Waals surface area contributed by atoms with Gasteiger partial charge >= 0.3 is 5.97 Å². The highest BCUT2D eigenvalue weighted by Gasteiger charge is 2.38. The zero-order chi connectivity index (χ0) is 13.6. The predicted molar refractivity (Wildman–Crippen MR) is 75.4 cm³/mol. The average Bonchev–Trinajstić information content (AvgIpc) is 2.36. The van der Waals surface area contributed by atoms with Crippen LogP contribution in [0, 0.1) is 11.3 Å². The molecule has 0 aromatic rings. The molecule has 0 bridgehead atoms. The van der Waals surface area contributed by atoms with Gasteiger partial charge in [0.1, 0.15) is 6.10 Å². The summed E-state index contributed by atoms with van der Waals surface area (Å²) >= 11 is 0. The van der Waals surface area contributed by atoms with Crippen LogP contribution in [0.5, 0.6) is 0 Å². The Balaban J connectivity index is 2.58. The van der Waals surface area contributed by atoms with Gasteiger partial charge in [-0.1, -0.05) is 40.0 Å². The number of unbranched alkanes of at least 4 members (excludes halogenated alkanes) is 1. The van der Waals surface area contributed by atoms with E-state index < -0.39 is 0 Å². The fourth-order valence-electron chi connectivity index (χ4n) is 2.64. The molecule has 106 valence electrons. The van der Waals surface area contributed by atoms with Gasteiger partial charge in [0.25, 0.3) is 0 Å². The van der Waals surface area contributed by atoms with E-state index in [9.17, 15) is 4.79 Å². The van der Waals surface area contributed by atoms with Crippen molar-refractivity contribution in [3.8, 4) is 0 Å². The van der Waals surface area contributed by atoms with Gasteiger partial charge in [0.15, 0.2) is 0 Å². The Morgan fingerprint density at radius 1 is 1.28 bits per heavy atom. The van der Waals surface area contributed by atoms with E-state index in [1.54, 1.807) is 0 Å². The summed E-state index contributed by atoms with van der Waals surface area (Å²) < 4.78 is 5.78. The van der Waals surface area contributed by atoms with Crippen LogP contribution in [0.15, 0.2) is 0 Å². The first-order valence-electron chi connectivity index (χ1n) is 7.71. The van der Waals surface area contributed by atoms with E-state index in [4.69, 9.17) is 4.74 Å². The lowest BCUT2D eigenvalue weighted by atomic mass is 9.75. The maximum atomic E-state index is 12.5. The van der Waals surface area contributed by atoms with E-state index in [1.165, 1.54) is 19.3 Å². The van der Waals surface area contributed by atoms with Crippen molar-refractivity contribution >= 4 is 5.97 Å². The summed E-state index contributed by atoms with van der Waals surface area (Å²) in [5.41, 5.74) is -0.298. The fourth-order valence-corrected chi connectivity index (χ4v) is 2.64. The van der Waals surface area contributed by atoms with Gasteiger partial charge in [0.05, 0.1) is 5.41 Å². The molecule has 0 N–H and O–H groups in total. The van der Waals surface area contributed by atoms with Crippen molar-refractivity contribution in [3.63, 3.8) is 0 Å². The molecule has 0 aliphatic heterocycles. The fraction of sp³-hybridized carbons (Fsp3) is 0.938. The van der Waals surface area contributed by atoms with Crippen molar-refractivity contribution in [3.05, 3.63) is 0 Å². The van der Waals surface area contributed by atoms with Crippen molar-refractivity contribution in [1.82, 2.24) is 0 Å². The summed E-state index contributed by atoms with van der Waals surface area (Å²) in [6, 6.07) is 0. The van der Waals surface area contributed by atoms with Gasteiger partial charge in [-0.15, -0.1) is 0 Å². The third kappa shape index (κ3) is 4.00. The van der Waals surface area contributed by atoms with Gasteiger partial charge in [-0.25, -0.2) is 0 Å². The van der Waals surface area contributed by atoms with Crippen molar-refractivity contribution in [2.75, 3.05) is 0 Å². The van der Waals surface area contributed by atoms with E-state index in [0.29, 0.717) is 5.92 Å². The molecule has 1 saturated carbocycles. The molecule has 1 unspecified atom stereocenters. The zero-order valence-corrected chi connectivity index (χ0v) is 12.6. The second kappa shape index (κ2) is 7.16. The quantitative estimate of drug-likeness (QED) is 0.641. The monoisotopic (exact) mass is 254 g/mol. The normalized spacial score (nSPS) is 20.7. The molecule has 0 saturated heterocycles. The molecule has 0 aromatic carbocycles. The standard InChI is InChI=1S/C16H30O2/c1-5-6-12-16(4,13(2)3)15(17)18-14-10-8-7-9-11-14/h13-14H,5-12H2,1-4H3. The van der Waals surface area contributed by atoms with E-state index in [1.807, 2.05) is 0 Å². The summed E-state index contributed by atoms with van der Waals surface area (Å²) in [6.45, 7) is 8.53. The summed E-state index contributed by atoms with van der Waals surface area (Å²) in [5.74, 6) is 0.387. The maximum absolute atomic E-state index is 12.5. The SMILES string of the molecule is CCCCC(C)(C(=O)OC1CCCCC1)C(C)C. The Bertz CT molecular complexity index is 254. The van der Waals surface area contributed by atoms with Crippen molar-refractivity contribution < 1.29 is 9.53 Å². The Kier molecular flexibility index (Phi) is 6.17. The molecule has 0 heterocycles. The third-order valence-corrected chi connectivity index (χ3v) is 4.62. The Morgan fingerprint density at radius 3 is 2.39 bits per heavy atom. The molecule has 0 aromatic heterocycles. The van der Waals surface area contributed by atoms with Crippen LogP contribution in [-0.2, 0) is 9.53 Å². The minimum atomic E-state index is -0.298. The number of carbonyl (C=O) groups excluding carboxylic acids is 1. The molecule has 1 aliphatic carbocycles.